The Hall–Kier alpha value is -1.82. The van der Waals surface area contributed by atoms with Gasteiger partial charge in [-0.3, -0.25) is 4.79 Å². The zero-order valence-corrected chi connectivity index (χ0v) is 13.6. The molecule has 0 amide bonds. The monoisotopic (exact) mass is 350 g/mol. The van der Waals surface area contributed by atoms with Crippen molar-refractivity contribution in [2.24, 2.45) is 0 Å². The Morgan fingerprint density at radius 3 is 2.76 bits per heavy atom. The molecular weight excluding hydrogens is 336 g/mol. The number of H-pyrrole nitrogens is 1. The highest BCUT2D eigenvalue weighted by Gasteiger charge is 2.20. The van der Waals surface area contributed by atoms with Crippen LogP contribution in [0.3, 0.4) is 0 Å². The average molecular weight is 351 g/mol. The Balaban J connectivity index is 2.14. The molecule has 0 spiro atoms. The van der Waals surface area contributed by atoms with Crippen LogP contribution in [0.2, 0.25) is 0 Å². The third kappa shape index (κ3) is 2.44. The third-order valence-corrected chi connectivity index (χ3v) is 4.01. The van der Waals surface area contributed by atoms with Crippen LogP contribution in [-0.2, 0) is 0 Å². The van der Waals surface area contributed by atoms with Crippen LogP contribution in [0.1, 0.15) is 31.0 Å². The Bertz CT molecular complexity index is 768. The van der Waals surface area contributed by atoms with Crippen LogP contribution in [0.15, 0.2) is 21.4 Å². The molecular formula is C15H15BrN2O3. The van der Waals surface area contributed by atoms with Crippen molar-refractivity contribution < 1.29 is 9.47 Å². The van der Waals surface area contributed by atoms with E-state index in [1.54, 1.807) is 0 Å². The summed E-state index contributed by atoms with van der Waals surface area (Å²) >= 11 is 3.45. The van der Waals surface area contributed by atoms with E-state index in [2.05, 4.69) is 25.9 Å². The van der Waals surface area contributed by atoms with Crippen molar-refractivity contribution >= 4 is 15.9 Å². The molecule has 0 saturated carbocycles. The van der Waals surface area contributed by atoms with Gasteiger partial charge in [0.25, 0.3) is 5.56 Å². The van der Waals surface area contributed by atoms with E-state index >= 15 is 0 Å². The first-order valence-electron chi connectivity index (χ1n) is 6.67. The largest absolute Gasteiger partial charge is 0.454 e. The maximum Gasteiger partial charge on any atom is 0.254 e. The van der Waals surface area contributed by atoms with Gasteiger partial charge >= 0.3 is 0 Å². The van der Waals surface area contributed by atoms with Crippen molar-refractivity contribution in [3.63, 3.8) is 0 Å². The smallest absolute Gasteiger partial charge is 0.254 e. The van der Waals surface area contributed by atoms with E-state index in [1.165, 1.54) is 0 Å². The molecule has 0 fully saturated rings. The van der Waals surface area contributed by atoms with Gasteiger partial charge < -0.3 is 14.5 Å². The van der Waals surface area contributed by atoms with Crippen LogP contribution < -0.4 is 15.0 Å². The molecule has 0 bridgehead atoms. The fraction of sp³-hybridized carbons (Fsp3) is 0.333. The fourth-order valence-electron chi connectivity index (χ4n) is 2.52. The number of halogens is 1. The summed E-state index contributed by atoms with van der Waals surface area (Å²) in [7, 11) is 0. The third-order valence-electron chi connectivity index (χ3n) is 3.42. The SMILES string of the molecule is Cc1nc(-c2cc(Br)c3c(c2)OCO3)[nH]c(=O)c1C(C)C. The molecule has 0 saturated heterocycles. The Labute approximate surface area is 130 Å². The number of benzene rings is 1. The van der Waals surface area contributed by atoms with Crippen LogP contribution in [0, 0.1) is 6.92 Å². The van der Waals surface area contributed by atoms with Crippen LogP contribution in [0.25, 0.3) is 11.4 Å². The first-order valence-corrected chi connectivity index (χ1v) is 7.47. The van der Waals surface area contributed by atoms with Crippen molar-refractivity contribution in [3.8, 4) is 22.9 Å². The summed E-state index contributed by atoms with van der Waals surface area (Å²) in [6, 6.07) is 3.68. The van der Waals surface area contributed by atoms with Crippen molar-refractivity contribution in [1.29, 1.82) is 0 Å². The van der Waals surface area contributed by atoms with Gasteiger partial charge in [-0.2, -0.15) is 0 Å². The molecule has 21 heavy (non-hydrogen) atoms. The van der Waals surface area contributed by atoms with Crippen molar-refractivity contribution in [1.82, 2.24) is 9.97 Å². The second-order valence-electron chi connectivity index (χ2n) is 5.26. The number of ether oxygens (including phenoxy) is 2. The number of aromatic nitrogens is 2. The fourth-order valence-corrected chi connectivity index (χ4v) is 3.07. The van der Waals surface area contributed by atoms with Gasteiger partial charge in [-0.15, -0.1) is 0 Å². The Kier molecular flexibility index (Phi) is 3.49. The van der Waals surface area contributed by atoms with Gasteiger partial charge in [-0.1, -0.05) is 13.8 Å². The molecule has 1 aromatic carbocycles. The van der Waals surface area contributed by atoms with Crippen molar-refractivity contribution in [3.05, 3.63) is 38.2 Å². The van der Waals surface area contributed by atoms with E-state index in [-0.39, 0.29) is 18.3 Å². The van der Waals surface area contributed by atoms with Gasteiger partial charge in [-0.25, -0.2) is 4.98 Å². The summed E-state index contributed by atoms with van der Waals surface area (Å²) in [4.78, 5) is 19.6. The second kappa shape index (κ2) is 5.18. The zero-order valence-electron chi connectivity index (χ0n) is 12.0. The highest BCUT2D eigenvalue weighted by atomic mass is 79.9. The van der Waals surface area contributed by atoms with Gasteiger partial charge in [-0.05, 0) is 40.9 Å². The number of aromatic amines is 1. The number of nitrogens with zero attached hydrogens (tertiary/aromatic N) is 1. The number of hydrogen-bond acceptors (Lipinski definition) is 4. The molecule has 1 aromatic heterocycles. The summed E-state index contributed by atoms with van der Waals surface area (Å²) in [6.07, 6.45) is 0. The first kappa shape index (κ1) is 14.1. The number of nitrogens with one attached hydrogen (secondary N) is 1. The van der Waals surface area contributed by atoms with E-state index < -0.39 is 0 Å². The number of fused-ring (bicyclic) bond motifs is 1. The molecule has 5 nitrogen and oxygen atoms in total. The predicted octanol–water partition coefficient (Wildman–Crippen LogP) is 3.36. The lowest BCUT2D eigenvalue weighted by atomic mass is 10.0. The van der Waals surface area contributed by atoms with Gasteiger partial charge in [0, 0.05) is 16.8 Å². The van der Waals surface area contributed by atoms with Gasteiger partial charge in [0.05, 0.1) is 4.47 Å². The van der Waals surface area contributed by atoms with Crippen LogP contribution in [0.5, 0.6) is 11.5 Å². The molecule has 110 valence electrons. The summed E-state index contributed by atoms with van der Waals surface area (Å²) < 4.78 is 11.5. The molecule has 2 heterocycles. The van der Waals surface area contributed by atoms with Crippen molar-refractivity contribution in [2.75, 3.05) is 6.79 Å². The Morgan fingerprint density at radius 1 is 1.33 bits per heavy atom. The van der Waals surface area contributed by atoms with E-state index in [9.17, 15) is 4.79 Å². The Morgan fingerprint density at radius 2 is 2.10 bits per heavy atom. The molecule has 0 radical (unpaired) electrons. The topological polar surface area (TPSA) is 64.2 Å². The maximum absolute atomic E-state index is 12.2. The number of aryl methyl sites for hydroxylation is 1. The van der Waals surface area contributed by atoms with Gasteiger partial charge in [0.1, 0.15) is 5.82 Å². The van der Waals surface area contributed by atoms with Gasteiger partial charge in [0.15, 0.2) is 11.5 Å². The average Bonchev–Trinajstić information content (AvgIpc) is 2.86. The molecule has 1 aliphatic rings. The van der Waals surface area contributed by atoms with Crippen LogP contribution in [0.4, 0.5) is 0 Å². The van der Waals surface area contributed by atoms with E-state index in [0.29, 0.717) is 17.3 Å². The quantitative estimate of drug-likeness (QED) is 0.901. The normalized spacial score (nSPS) is 13.0. The van der Waals surface area contributed by atoms with E-state index in [1.807, 2.05) is 32.9 Å². The maximum atomic E-state index is 12.2. The first-order chi connectivity index (χ1) is 9.97. The minimum Gasteiger partial charge on any atom is -0.454 e. The van der Waals surface area contributed by atoms with E-state index in [4.69, 9.17) is 9.47 Å². The lowest BCUT2D eigenvalue weighted by Gasteiger charge is -2.10. The van der Waals surface area contributed by atoms with E-state index in [0.717, 1.165) is 21.3 Å². The summed E-state index contributed by atoms with van der Waals surface area (Å²) in [5, 5.41) is 0. The predicted molar refractivity (Wildman–Crippen MR) is 82.9 cm³/mol. The molecule has 0 atom stereocenters. The lowest BCUT2D eigenvalue weighted by Crippen LogP contribution is -2.18. The van der Waals surface area contributed by atoms with Crippen molar-refractivity contribution in [2.45, 2.75) is 26.7 Å². The number of hydrogen-bond donors (Lipinski definition) is 1. The summed E-state index contributed by atoms with van der Waals surface area (Å²) in [6.45, 7) is 6.02. The molecule has 3 rings (SSSR count). The molecule has 1 aliphatic heterocycles. The zero-order chi connectivity index (χ0) is 15.1. The summed E-state index contributed by atoms with van der Waals surface area (Å²) in [5.41, 5.74) is 2.15. The minimum atomic E-state index is -0.0960. The molecule has 2 aromatic rings. The molecule has 0 aliphatic carbocycles. The van der Waals surface area contributed by atoms with Crippen LogP contribution >= 0.6 is 15.9 Å². The van der Waals surface area contributed by atoms with Gasteiger partial charge in [0.2, 0.25) is 6.79 Å². The minimum absolute atomic E-state index is 0.0960. The van der Waals surface area contributed by atoms with Crippen LogP contribution in [-0.4, -0.2) is 16.8 Å². The highest BCUT2D eigenvalue weighted by Crippen LogP contribution is 2.41. The second-order valence-corrected chi connectivity index (χ2v) is 6.11. The number of rotatable bonds is 2. The lowest BCUT2D eigenvalue weighted by molar-refractivity contribution is 0.173. The molecule has 1 N–H and O–H groups in total. The standard InChI is InChI=1S/C15H15BrN2O3/c1-7(2)12-8(3)17-14(18-15(12)19)9-4-10(16)13-11(5-9)20-6-21-13/h4-5,7H,6H2,1-3H3,(H,17,18,19). The summed E-state index contributed by atoms with van der Waals surface area (Å²) in [5.74, 6) is 1.99. The molecule has 0 unspecified atom stereocenters. The molecule has 6 heteroatoms. The highest BCUT2D eigenvalue weighted by molar-refractivity contribution is 9.10.